The van der Waals surface area contributed by atoms with Gasteiger partial charge in [0.2, 0.25) is 0 Å². The summed E-state index contributed by atoms with van der Waals surface area (Å²) in [6.45, 7) is 14.5. The van der Waals surface area contributed by atoms with Crippen molar-refractivity contribution in [3.63, 3.8) is 0 Å². The molecule has 0 amide bonds. The molecule has 9 N–H and O–H groups in total. The predicted molar refractivity (Wildman–Crippen MR) is 151 cm³/mol. The van der Waals surface area contributed by atoms with Crippen LogP contribution in [0.5, 0.6) is 0 Å². The summed E-state index contributed by atoms with van der Waals surface area (Å²) >= 11 is 0. The van der Waals surface area contributed by atoms with Crippen LogP contribution in [0.2, 0.25) is 0 Å². The third-order valence-corrected chi connectivity index (χ3v) is 4.98. The minimum absolute atomic E-state index is 0.184. The standard InChI is InChI=1S/3C8H19NO2.H3O4P/c3*1-2-3-4-9(5-7-10)6-8-11;1-5(2,3)4/h3*10-11H,2-8H2,1H3;(H3,1,2,3,4). The number of aliphatic hydroxyl groups excluding tert-OH is 6. The van der Waals surface area contributed by atoms with Crippen LogP contribution in [-0.2, 0) is 4.57 Å². The Morgan fingerprint density at radius 3 is 0.684 bits per heavy atom. The Bertz CT molecular complexity index is 391. The van der Waals surface area contributed by atoms with Crippen LogP contribution >= 0.6 is 7.82 Å². The van der Waals surface area contributed by atoms with E-state index in [4.69, 9.17) is 49.9 Å². The Morgan fingerprint density at radius 2 is 0.579 bits per heavy atom. The summed E-state index contributed by atoms with van der Waals surface area (Å²) in [4.78, 5) is 27.8. The first-order valence-corrected chi connectivity index (χ1v) is 15.2. The maximum absolute atomic E-state index is 8.88. The van der Waals surface area contributed by atoms with E-state index in [2.05, 4.69) is 35.5 Å². The van der Waals surface area contributed by atoms with Gasteiger partial charge in [0, 0.05) is 39.3 Å². The van der Waals surface area contributed by atoms with E-state index in [-0.39, 0.29) is 39.6 Å². The first-order valence-electron chi connectivity index (χ1n) is 13.6. The third kappa shape index (κ3) is 48.8. The Morgan fingerprint density at radius 1 is 0.421 bits per heavy atom. The molecule has 0 aromatic heterocycles. The van der Waals surface area contributed by atoms with Crippen LogP contribution in [0.1, 0.15) is 59.3 Å². The van der Waals surface area contributed by atoms with E-state index in [1.165, 1.54) is 0 Å². The van der Waals surface area contributed by atoms with Gasteiger partial charge in [-0.2, -0.15) is 0 Å². The molecule has 0 aliphatic rings. The van der Waals surface area contributed by atoms with E-state index >= 15 is 0 Å². The summed E-state index contributed by atoms with van der Waals surface area (Å²) < 4.78 is 8.88. The zero-order valence-electron chi connectivity index (χ0n) is 24.1. The largest absolute Gasteiger partial charge is 0.466 e. The zero-order chi connectivity index (χ0) is 30.1. The molecule has 0 saturated carbocycles. The first kappa shape index (κ1) is 44.8. The molecule has 14 heteroatoms. The number of hydrogen-bond donors (Lipinski definition) is 9. The number of rotatable bonds is 21. The highest BCUT2D eigenvalue weighted by Crippen LogP contribution is 2.25. The third-order valence-electron chi connectivity index (χ3n) is 4.98. The molecule has 13 nitrogen and oxygen atoms in total. The molecule has 0 aliphatic heterocycles. The minimum Gasteiger partial charge on any atom is -0.395 e. The highest BCUT2D eigenvalue weighted by atomic mass is 31.2. The topological polar surface area (TPSA) is 209 Å². The van der Waals surface area contributed by atoms with Crippen molar-refractivity contribution in [3.8, 4) is 0 Å². The van der Waals surface area contributed by atoms with Gasteiger partial charge in [-0.3, -0.25) is 14.7 Å². The van der Waals surface area contributed by atoms with Crippen molar-refractivity contribution in [1.29, 1.82) is 0 Å². The normalized spacial score (nSPS) is 11.0. The van der Waals surface area contributed by atoms with Gasteiger partial charge in [-0.1, -0.05) is 40.0 Å². The van der Waals surface area contributed by atoms with Gasteiger partial charge >= 0.3 is 7.82 Å². The minimum atomic E-state index is -4.64. The van der Waals surface area contributed by atoms with Crippen molar-refractivity contribution < 1.29 is 49.9 Å². The van der Waals surface area contributed by atoms with Crippen molar-refractivity contribution in [3.05, 3.63) is 0 Å². The average molecular weight is 582 g/mol. The molecule has 236 valence electrons. The SMILES string of the molecule is CCCCN(CCO)CCO.CCCCN(CCO)CCO.CCCCN(CCO)CCO.O=P(O)(O)O. The maximum Gasteiger partial charge on any atom is 0.466 e. The smallest absolute Gasteiger partial charge is 0.395 e. The molecule has 0 radical (unpaired) electrons. The zero-order valence-corrected chi connectivity index (χ0v) is 25.0. The number of nitrogens with zero attached hydrogens (tertiary/aromatic N) is 3. The van der Waals surface area contributed by atoms with Crippen molar-refractivity contribution in [1.82, 2.24) is 14.7 Å². The summed E-state index contributed by atoms with van der Waals surface area (Å²) in [7, 11) is -4.64. The lowest BCUT2D eigenvalue weighted by Gasteiger charge is -2.19. The van der Waals surface area contributed by atoms with Gasteiger partial charge in [0.1, 0.15) is 0 Å². The van der Waals surface area contributed by atoms with Crippen LogP contribution < -0.4 is 0 Å². The Labute approximate surface area is 230 Å². The Balaban J connectivity index is -0.000000209. The fourth-order valence-electron chi connectivity index (χ4n) is 3.00. The molecule has 0 aromatic carbocycles. The second-order valence-corrected chi connectivity index (χ2v) is 9.47. The molecule has 0 bridgehead atoms. The lowest BCUT2D eigenvalue weighted by molar-refractivity contribution is 0.159. The highest BCUT2D eigenvalue weighted by molar-refractivity contribution is 7.45. The van der Waals surface area contributed by atoms with Gasteiger partial charge in [0.25, 0.3) is 0 Å². The fourth-order valence-corrected chi connectivity index (χ4v) is 3.00. The molecule has 0 unspecified atom stereocenters. The maximum atomic E-state index is 8.88. The van der Waals surface area contributed by atoms with Crippen molar-refractivity contribution in [2.24, 2.45) is 0 Å². The van der Waals surface area contributed by atoms with Crippen LogP contribution in [0.3, 0.4) is 0 Å². The number of phosphoric acid groups is 1. The summed E-state index contributed by atoms with van der Waals surface area (Å²) in [6, 6.07) is 0. The monoisotopic (exact) mass is 581 g/mol. The van der Waals surface area contributed by atoms with Crippen LogP contribution in [-0.4, -0.2) is 159 Å². The lowest BCUT2D eigenvalue weighted by Crippen LogP contribution is -2.30. The van der Waals surface area contributed by atoms with Crippen LogP contribution in [0.15, 0.2) is 0 Å². The van der Waals surface area contributed by atoms with E-state index < -0.39 is 7.82 Å². The van der Waals surface area contributed by atoms with Gasteiger partial charge in [-0.15, -0.1) is 0 Å². The lowest BCUT2D eigenvalue weighted by atomic mass is 10.3. The molecule has 0 aliphatic carbocycles. The van der Waals surface area contributed by atoms with Crippen LogP contribution in [0, 0.1) is 0 Å². The second-order valence-electron chi connectivity index (χ2n) is 8.44. The van der Waals surface area contributed by atoms with E-state index in [0.29, 0.717) is 39.3 Å². The van der Waals surface area contributed by atoms with E-state index in [1.807, 2.05) is 0 Å². The molecule has 0 heterocycles. The van der Waals surface area contributed by atoms with E-state index in [0.717, 1.165) is 58.2 Å². The van der Waals surface area contributed by atoms with Gasteiger partial charge in [0.05, 0.1) is 39.6 Å². The number of unbranched alkanes of at least 4 members (excludes halogenated alkanes) is 3. The summed E-state index contributed by atoms with van der Waals surface area (Å²) in [5.74, 6) is 0. The van der Waals surface area contributed by atoms with Crippen molar-refractivity contribution >= 4 is 7.82 Å². The van der Waals surface area contributed by atoms with E-state index in [9.17, 15) is 0 Å². The molecule has 38 heavy (non-hydrogen) atoms. The molecule has 0 atom stereocenters. The summed E-state index contributed by atoms with van der Waals surface area (Å²) in [5, 5.41) is 51.8. The highest BCUT2D eigenvalue weighted by Gasteiger charge is 2.02. The molecular formula is C24H60N3O10P. The van der Waals surface area contributed by atoms with Gasteiger partial charge in [-0.25, -0.2) is 4.57 Å². The molecule has 0 fully saturated rings. The molecule has 0 rings (SSSR count). The second kappa shape index (κ2) is 36.8. The quantitative estimate of drug-likeness (QED) is 0.0769. The van der Waals surface area contributed by atoms with Crippen molar-refractivity contribution in [2.45, 2.75) is 59.3 Å². The summed E-state index contributed by atoms with van der Waals surface area (Å²) in [6.07, 6.45) is 6.90. The van der Waals surface area contributed by atoms with E-state index in [1.54, 1.807) is 0 Å². The Hall–Kier alpha value is -0.250. The average Bonchev–Trinajstić information content (AvgIpc) is 2.85. The van der Waals surface area contributed by atoms with Crippen LogP contribution in [0.4, 0.5) is 0 Å². The summed E-state index contributed by atoms with van der Waals surface area (Å²) in [5.41, 5.74) is 0. The van der Waals surface area contributed by atoms with Crippen LogP contribution in [0.25, 0.3) is 0 Å². The van der Waals surface area contributed by atoms with Gasteiger partial charge < -0.3 is 45.3 Å². The molecular weight excluding hydrogens is 521 g/mol. The predicted octanol–water partition coefficient (Wildman–Crippen LogP) is -0.709. The first-order chi connectivity index (χ1) is 18.0. The Kier molecular flexibility index (Phi) is 43.3. The molecule has 0 aromatic rings. The number of hydrogen-bond acceptors (Lipinski definition) is 10. The molecule has 0 saturated heterocycles. The van der Waals surface area contributed by atoms with Gasteiger partial charge in [0.15, 0.2) is 0 Å². The van der Waals surface area contributed by atoms with Gasteiger partial charge in [-0.05, 0) is 38.9 Å². The molecule has 0 spiro atoms. The fraction of sp³-hybridized carbons (Fsp3) is 1.00. The van der Waals surface area contributed by atoms with Crippen molar-refractivity contribution in [2.75, 3.05) is 98.5 Å². The number of aliphatic hydroxyl groups is 6.